The molecule has 5 nitrogen and oxygen atoms in total. The number of carbonyl (C=O) groups is 1. The van der Waals surface area contributed by atoms with Crippen LogP contribution in [-0.2, 0) is 6.42 Å². The number of hydrogen-bond acceptors (Lipinski definition) is 5. The number of benzene rings is 1. The first-order valence-electron chi connectivity index (χ1n) is 10.3. The standard InChI is InChI=1S/C23H26O5/c1-23-8-6-17-16(18(23)4-5-20(23)25)3-2-13-10-15(24)11-19(21(13)17)28-22(26)14-7-9-27-12-14/h7,9-12,16-18,20,24-25H,2-6,8H2,1H3/t16-,17+,18+,20-,23+/m1/s1. The van der Waals surface area contributed by atoms with Gasteiger partial charge in [-0.3, -0.25) is 0 Å². The molecule has 1 heterocycles. The van der Waals surface area contributed by atoms with Crippen LogP contribution in [0.25, 0.3) is 0 Å². The SMILES string of the molecule is C[C@]12CC[C@@H]3c4c(cc(O)cc4OC(=O)c4ccoc4)CC[C@H]3[C@@H]1CC[C@H]2O. The largest absolute Gasteiger partial charge is 0.508 e. The molecule has 3 aliphatic carbocycles. The minimum Gasteiger partial charge on any atom is -0.508 e. The molecular weight excluding hydrogens is 356 g/mol. The van der Waals surface area contributed by atoms with E-state index in [1.807, 2.05) is 6.07 Å². The van der Waals surface area contributed by atoms with Gasteiger partial charge in [0.25, 0.3) is 0 Å². The minimum absolute atomic E-state index is 0.00320. The Balaban J connectivity index is 1.52. The number of phenolic OH excluding ortho intramolecular Hbond substituents is 1. The Morgan fingerprint density at radius 1 is 1.25 bits per heavy atom. The van der Waals surface area contributed by atoms with Crippen LogP contribution in [-0.4, -0.2) is 22.3 Å². The van der Waals surface area contributed by atoms with Gasteiger partial charge in [-0.05, 0) is 79.4 Å². The fourth-order valence-electron chi connectivity index (χ4n) is 6.26. The van der Waals surface area contributed by atoms with Crippen molar-refractivity contribution in [2.24, 2.45) is 17.3 Å². The number of aryl methyl sites for hydroxylation is 1. The van der Waals surface area contributed by atoms with Gasteiger partial charge in [0.15, 0.2) is 0 Å². The van der Waals surface area contributed by atoms with Gasteiger partial charge in [-0.15, -0.1) is 0 Å². The highest BCUT2D eigenvalue weighted by Crippen LogP contribution is 2.62. The summed E-state index contributed by atoms with van der Waals surface area (Å²) in [6.45, 7) is 2.25. The van der Waals surface area contributed by atoms with Crippen LogP contribution >= 0.6 is 0 Å². The van der Waals surface area contributed by atoms with Gasteiger partial charge in [-0.25, -0.2) is 4.79 Å². The van der Waals surface area contributed by atoms with E-state index in [4.69, 9.17) is 9.15 Å². The molecule has 5 heteroatoms. The Labute approximate surface area is 164 Å². The highest BCUT2D eigenvalue weighted by Gasteiger charge is 2.54. The molecule has 1 aromatic carbocycles. The van der Waals surface area contributed by atoms with Crippen LogP contribution < -0.4 is 4.74 Å². The Kier molecular flexibility index (Phi) is 4.05. The van der Waals surface area contributed by atoms with E-state index < -0.39 is 5.97 Å². The van der Waals surface area contributed by atoms with Crippen molar-refractivity contribution in [3.63, 3.8) is 0 Å². The number of aliphatic hydroxyl groups is 1. The maximum absolute atomic E-state index is 12.5. The molecule has 0 unspecified atom stereocenters. The van der Waals surface area contributed by atoms with Gasteiger partial charge in [0.1, 0.15) is 17.8 Å². The summed E-state index contributed by atoms with van der Waals surface area (Å²) < 4.78 is 10.7. The molecule has 2 fully saturated rings. The van der Waals surface area contributed by atoms with Crippen molar-refractivity contribution < 1.29 is 24.2 Å². The van der Waals surface area contributed by atoms with Gasteiger partial charge in [0, 0.05) is 11.6 Å². The summed E-state index contributed by atoms with van der Waals surface area (Å²) in [5.41, 5.74) is 2.52. The predicted octanol–water partition coefficient (Wildman–Crippen LogP) is 4.42. The van der Waals surface area contributed by atoms with Crippen LogP contribution in [0.2, 0.25) is 0 Å². The molecule has 2 N–H and O–H groups in total. The molecular formula is C23H26O5. The maximum atomic E-state index is 12.5. The molecule has 28 heavy (non-hydrogen) atoms. The van der Waals surface area contributed by atoms with Gasteiger partial charge in [-0.2, -0.15) is 0 Å². The van der Waals surface area contributed by atoms with Crippen molar-refractivity contribution in [3.05, 3.63) is 47.4 Å². The monoisotopic (exact) mass is 382 g/mol. The van der Waals surface area contributed by atoms with Crippen molar-refractivity contribution >= 4 is 5.97 Å². The number of esters is 1. The summed E-state index contributed by atoms with van der Waals surface area (Å²) in [5.74, 6) is 1.42. The number of fused-ring (bicyclic) bond motifs is 5. The Morgan fingerprint density at radius 2 is 2.11 bits per heavy atom. The second-order valence-corrected chi connectivity index (χ2v) is 8.97. The van der Waals surface area contributed by atoms with E-state index in [1.165, 1.54) is 12.5 Å². The average Bonchev–Trinajstić information content (AvgIpc) is 3.30. The number of furan rings is 1. The van der Waals surface area contributed by atoms with Crippen molar-refractivity contribution in [1.82, 2.24) is 0 Å². The molecule has 0 amide bonds. The molecule has 0 aliphatic heterocycles. The third-order valence-electron chi connectivity index (χ3n) is 7.68. The number of aliphatic hydroxyl groups excluding tert-OH is 1. The number of carbonyl (C=O) groups excluding carboxylic acids is 1. The van der Waals surface area contributed by atoms with Crippen LogP contribution in [0.5, 0.6) is 11.5 Å². The van der Waals surface area contributed by atoms with E-state index in [0.717, 1.165) is 49.7 Å². The summed E-state index contributed by atoms with van der Waals surface area (Å²) in [5, 5.41) is 20.8. The first kappa shape index (κ1) is 17.8. The average molecular weight is 382 g/mol. The second kappa shape index (κ2) is 6.38. The lowest BCUT2D eigenvalue weighted by atomic mass is 9.55. The lowest BCUT2D eigenvalue weighted by Gasteiger charge is -2.50. The minimum atomic E-state index is -0.472. The number of ether oxygens (including phenoxy) is 1. The fourth-order valence-corrected chi connectivity index (χ4v) is 6.26. The predicted molar refractivity (Wildman–Crippen MR) is 102 cm³/mol. The van der Waals surface area contributed by atoms with Crippen molar-refractivity contribution in [2.45, 2.75) is 57.5 Å². The zero-order chi connectivity index (χ0) is 19.5. The Bertz CT molecular complexity index is 902. The van der Waals surface area contributed by atoms with Gasteiger partial charge < -0.3 is 19.4 Å². The summed E-state index contributed by atoms with van der Waals surface area (Å²) in [4.78, 5) is 12.5. The number of hydrogen-bond donors (Lipinski definition) is 2. The number of phenols is 1. The van der Waals surface area contributed by atoms with E-state index in [2.05, 4.69) is 6.92 Å². The molecule has 5 rings (SSSR count). The van der Waals surface area contributed by atoms with Gasteiger partial charge in [0.05, 0.1) is 17.9 Å². The normalized spacial score (nSPS) is 33.6. The van der Waals surface area contributed by atoms with Crippen LogP contribution in [0.4, 0.5) is 0 Å². The van der Waals surface area contributed by atoms with Crippen molar-refractivity contribution in [2.75, 3.05) is 0 Å². The summed E-state index contributed by atoms with van der Waals surface area (Å²) in [6.07, 6.45) is 8.43. The third kappa shape index (κ3) is 2.60. The molecule has 0 saturated heterocycles. The van der Waals surface area contributed by atoms with E-state index in [0.29, 0.717) is 29.1 Å². The van der Waals surface area contributed by atoms with Crippen LogP contribution in [0.3, 0.4) is 0 Å². The molecule has 1 aromatic heterocycles. The van der Waals surface area contributed by atoms with Gasteiger partial charge >= 0.3 is 5.97 Å². The third-order valence-corrected chi connectivity index (χ3v) is 7.68. The van der Waals surface area contributed by atoms with Crippen LogP contribution in [0.15, 0.2) is 35.1 Å². The Hall–Kier alpha value is -2.27. The molecule has 0 spiro atoms. The quantitative estimate of drug-likeness (QED) is 0.594. The van der Waals surface area contributed by atoms with Crippen molar-refractivity contribution in [1.29, 1.82) is 0 Å². The Morgan fingerprint density at radius 3 is 2.89 bits per heavy atom. The van der Waals surface area contributed by atoms with Crippen LogP contribution in [0, 0.1) is 17.3 Å². The highest BCUT2D eigenvalue weighted by molar-refractivity contribution is 5.90. The topological polar surface area (TPSA) is 79.9 Å². The van der Waals surface area contributed by atoms with E-state index in [9.17, 15) is 15.0 Å². The zero-order valence-electron chi connectivity index (χ0n) is 16.1. The molecule has 2 aromatic rings. The second-order valence-electron chi connectivity index (χ2n) is 8.97. The molecule has 2 saturated carbocycles. The molecule has 5 atom stereocenters. The summed E-state index contributed by atoms with van der Waals surface area (Å²) in [7, 11) is 0. The smallest absolute Gasteiger partial charge is 0.346 e. The fraction of sp³-hybridized carbons (Fsp3) is 0.522. The maximum Gasteiger partial charge on any atom is 0.346 e. The first-order chi connectivity index (χ1) is 13.5. The number of rotatable bonds is 2. The van der Waals surface area contributed by atoms with Crippen molar-refractivity contribution in [3.8, 4) is 11.5 Å². The van der Waals surface area contributed by atoms with E-state index in [-0.39, 0.29) is 17.3 Å². The highest BCUT2D eigenvalue weighted by atomic mass is 16.5. The van der Waals surface area contributed by atoms with E-state index >= 15 is 0 Å². The molecule has 0 bridgehead atoms. The molecule has 0 radical (unpaired) electrons. The van der Waals surface area contributed by atoms with Gasteiger partial charge in [-0.1, -0.05) is 6.92 Å². The van der Waals surface area contributed by atoms with E-state index in [1.54, 1.807) is 12.1 Å². The first-order valence-corrected chi connectivity index (χ1v) is 10.3. The number of aromatic hydroxyl groups is 1. The lowest BCUT2D eigenvalue weighted by molar-refractivity contribution is -0.0229. The zero-order valence-corrected chi connectivity index (χ0v) is 16.1. The lowest BCUT2D eigenvalue weighted by Crippen LogP contribution is -2.44. The summed E-state index contributed by atoms with van der Waals surface area (Å²) >= 11 is 0. The van der Waals surface area contributed by atoms with Gasteiger partial charge in [0.2, 0.25) is 0 Å². The molecule has 148 valence electrons. The van der Waals surface area contributed by atoms with Crippen LogP contribution in [0.1, 0.15) is 66.4 Å². The molecule has 3 aliphatic rings. The summed E-state index contributed by atoms with van der Waals surface area (Å²) in [6, 6.07) is 4.96.